The van der Waals surface area contributed by atoms with Crippen LogP contribution in [0.3, 0.4) is 0 Å². The maximum absolute atomic E-state index is 12.7. The van der Waals surface area contributed by atoms with Crippen molar-refractivity contribution in [3.8, 4) is 11.4 Å². The van der Waals surface area contributed by atoms with Crippen LogP contribution in [-0.4, -0.2) is 25.2 Å². The van der Waals surface area contributed by atoms with Gasteiger partial charge < -0.3 is 9.88 Å². The van der Waals surface area contributed by atoms with Gasteiger partial charge in [-0.05, 0) is 31.5 Å². The second-order valence-electron chi connectivity index (χ2n) is 5.91. The van der Waals surface area contributed by atoms with Crippen molar-refractivity contribution in [3.05, 3.63) is 63.8 Å². The first-order valence-electron chi connectivity index (χ1n) is 7.82. The number of aryl methyl sites for hydroxylation is 3. The van der Waals surface area contributed by atoms with Crippen LogP contribution in [0.1, 0.15) is 21.6 Å². The smallest absolute Gasteiger partial charge is 0.279 e. The number of imidazole rings is 1. The SMILES string of the molecule is Cc1nn(C)c(=O)c(C(=O)Nc2cccc(-c3nccn3C)c2)c1C. The van der Waals surface area contributed by atoms with Crippen molar-refractivity contribution < 1.29 is 4.79 Å². The third kappa shape index (κ3) is 3.08. The number of aromatic nitrogens is 4. The molecule has 0 atom stereocenters. The van der Waals surface area contributed by atoms with Crippen LogP contribution in [0, 0.1) is 13.8 Å². The lowest BCUT2D eigenvalue weighted by atomic mass is 10.1. The largest absolute Gasteiger partial charge is 0.334 e. The molecule has 0 aliphatic heterocycles. The molecule has 0 saturated carbocycles. The van der Waals surface area contributed by atoms with Crippen molar-refractivity contribution >= 4 is 11.6 Å². The van der Waals surface area contributed by atoms with Gasteiger partial charge in [0.1, 0.15) is 11.4 Å². The molecule has 0 spiro atoms. The van der Waals surface area contributed by atoms with E-state index in [1.807, 2.05) is 36.0 Å². The van der Waals surface area contributed by atoms with Gasteiger partial charge >= 0.3 is 0 Å². The molecule has 1 amide bonds. The van der Waals surface area contributed by atoms with Gasteiger partial charge in [0.15, 0.2) is 0 Å². The summed E-state index contributed by atoms with van der Waals surface area (Å²) >= 11 is 0. The number of amides is 1. The van der Waals surface area contributed by atoms with Gasteiger partial charge in [0.2, 0.25) is 0 Å². The lowest BCUT2D eigenvalue weighted by molar-refractivity contribution is 0.102. The standard InChI is InChI=1S/C18H19N5O2/c1-11-12(2)21-23(4)18(25)15(11)17(24)20-14-7-5-6-13(10-14)16-19-8-9-22(16)3/h5-10H,1-4H3,(H,20,24). The second-order valence-corrected chi connectivity index (χ2v) is 5.91. The molecular weight excluding hydrogens is 318 g/mol. The average Bonchev–Trinajstić information content (AvgIpc) is 2.99. The summed E-state index contributed by atoms with van der Waals surface area (Å²) in [4.78, 5) is 29.3. The lowest BCUT2D eigenvalue weighted by Gasteiger charge is -2.11. The summed E-state index contributed by atoms with van der Waals surface area (Å²) in [5.41, 5.74) is 2.40. The summed E-state index contributed by atoms with van der Waals surface area (Å²) < 4.78 is 3.08. The number of anilines is 1. The molecule has 0 bridgehead atoms. The Morgan fingerprint density at radius 2 is 1.96 bits per heavy atom. The van der Waals surface area contributed by atoms with Crippen LogP contribution in [0.5, 0.6) is 0 Å². The van der Waals surface area contributed by atoms with Crippen LogP contribution in [-0.2, 0) is 14.1 Å². The summed E-state index contributed by atoms with van der Waals surface area (Å²) in [6, 6.07) is 7.35. The Kier molecular flexibility index (Phi) is 4.22. The minimum atomic E-state index is -0.444. The van der Waals surface area contributed by atoms with Gasteiger partial charge in [-0.3, -0.25) is 9.59 Å². The first kappa shape index (κ1) is 16.6. The van der Waals surface area contributed by atoms with E-state index in [1.54, 1.807) is 26.1 Å². The fourth-order valence-electron chi connectivity index (χ4n) is 2.69. The minimum absolute atomic E-state index is 0.109. The minimum Gasteiger partial charge on any atom is -0.334 e. The molecule has 7 nitrogen and oxygen atoms in total. The molecule has 0 aliphatic carbocycles. The molecule has 2 aromatic heterocycles. The molecule has 2 heterocycles. The predicted octanol–water partition coefficient (Wildman–Crippen LogP) is 2.05. The van der Waals surface area contributed by atoms with E-state index in [0.717, 1.165) is 11.4 Å². The number of hydrogen-bond donors (Lipinski definition) is 1. The zero-order valence-electron chi connectivity index (χ0n) is 14.6. The Hall–Kier alpha value is -3.22. The molecule has 0 aliphatic rings. The molecule has 1 N–H and O–H groups in total. The predicted molar refractivity (Wildman–Crippen MR) is 95.5 cm³/mol. The molecule has 3 rings (SSSR count). The van der Waals surface area contributed by atoms with Crippen LogP contribution in [0.25, 0.3) is 11.4 Å². The highest BCUT2D eigenvalue weighted by molar-refractivity contribution is 6.05. The van der Waals surface area contributed by atoms with Gasteiger partial charge in [0, 0.05) is 37.7 Å². The van der Waals surface area contributed by atoms with Gasteiger partial charge in [-0.15, -0.1) is 0 Å². The van der Waals surface area contributed by atoms with E-state index in [4.69, 9.17) is 0 Å². The Balaban J connectivity index is 1.95. The highest BCUT2D eigenvalue weighted by Crippen LogP contribution is 2.21. The number of nitrogens with zero attached hydrogens (tertiary/aromatic N) is 4. The summed E-state index contributed by atoms with van der Waals surface area (Å²) in [5.74, 6) is 0.350. The molecular formula is C18H19N5O2. The number of carbonyl (C=O) groups is 1. The Morgan fingerprint density at radius 3 is 2.64 bits per heavy atom. The molecule has 0 fully saturated rings. The highest BCUT2D eigenvalue weighted by Gasteiger charge is 2.18. The molecule has 25 heavy (non-hydrogen) atoms. The maximum Gasteiger partial charge on any atom is 0.279 e. The first-order chi connectivity index (χ1) is 11.9. The third-order valence-corrected chi connectivity index (χ3v) is 4.15. The van der Waals surface area contributed by atoms with E-state index < -0.39 is 11.5 Å². The summed E-state index contributed by atoms with van der Waals surface area (Å²) in [7, 11) is 3.44. The van der Waals surface area contributed by atoms with Gasteiger partial charge in [-0.25, -0.2) is 9.67 Å². The Bertz CT molecular complexity index is 1020. The fraction of sp³-hybridized carbons (Fsp3) is 0.222. The Labute approximate surface area is 144 Å². The van der Waals surface area contributed by atoms with Crippen molar-refractivity contribution in [2.75, 3.05) is 5.32 Å². The van der Waals surface area contributed by atoms with Crippen molar-refractivity contribution in [2.45, 2.75) is 13.8 Å². The van der Waals surface area contributed by atoms with Crippen molar-refractivity contribution in [1.29, 1.82) is 0 Å². The molecule has 128 valence electrons. The molecule has 3 aromatic rings. The van der Waals surface area contributed by atoms with E-state index >= 15 is 0 Å². The zero-order chi connectivity index (χ0) is 18.1. The van der Waals surface area contributed by atoms with Crippen LogP contribution < -0.4 is 10.9 Å². The van der Waals surface area contributed by atoms with Crippen LogP contribution in [0.4, 0.5) is 5.69 Å². The van der Waals surface area contributed by atoms with E-state index in [2.05, 4.69) is 15.4 Å². The molecule has 0 radical (unpaired) electrons. The van der Waals surface area contributed by atoms with Crippen molar-refractivity contribution in [1.82, 2.24) is 19.3 Å². The quantitative estimate of drug-likeness (QED) is 0.793. The summed E-state index contributed by atoms with van der Waals surface area (Å²) in [5, 5.41) is 6.89. The van der Waals surface area contributed by atoms with E-state index in [9.17, 15) is 9.59 Å². The molecule has 1 aromatic carbocycles. The average molecular weight is 337 g/mol. The summed E-state index contributed by atoms with van der Waals surface area (Å²) in [6.07, 6.45) is 3.57. The van der Waals surface area contributed by atoms with Gasteiger partial charge in [0.05, 0.1) is 5.69 Å². The highest BCUT2D eigenvalue weighted by atomic mass is 16.2. The van der Waals surface area contributed by atoms with Gasteiger partial charge in [0.25, 0.3) is 11.5 Å². The fourth-order valence-corrected chi connectivity index (χ4v) is 2.69. The van der Waals surface area contributed by atoms with Gasteiger partial charge in [-0.1, -0.05) is 12.1 Å². The molecule has 0 saturated heterocycles. The number of carbonyl (C=O) groups excluding carboxylic acids is 1. The Morgan fingerprint density at radius 1 is 1.20 bits per heavy atom. The number of hydrogen-bond acceptors (Lipinski definition) is 4. The number of benzene rings is 1. The first-order valence-corrected chi connectivity index (χ1v) is 7.82. The third-order valence-electron chi connectivity index (χ3n) is 4.15. The topological polar surface area (TPSA) is 81.8 Å². The molecule has 7 heteroatoms. The van der Waals surface area contributed by atoms with E-state index in [1.165, 1.54) is 11.7 Å². The number of rotatable bonds is 3. The van der Waals surface area contributed by atoms with Crippen LogP contribution in [0.2, 0.25) is 0 Å². The van der Waals surface area contributed by atoms with Gasteiger partial charge in [-0.2, -0.15) is 5.10 Å². The van der Waals surface area contributed by atoms with Crippen LogP contribution >= 0.6 is 0 Å². The van der Waals surface area contributed by atoms with Crippen LogP contribution in [0.15, 0.2) is 41.5 Å². The molecule has 0 unspecified atom stereocenters. The van der Waals surface area contributed by atoms with E-state index in [-0.39, 0.29) is 5.56 Å². The normalized spacial score (nSPS) is 10.7. The number of nitrogens with one attached hydrogen (secondary N) is 1. The van der Waals surface area contributed by atoms with Crippen molar-refractivity contribution in [3.63, 3.8) is 0 Å². The lowest BCUT2D eigenvalue weighted by Crippen LogP contribution is -2.31. The second kappa shape index (κ2) is 6.35. The summed E-state index contributed by atoms with van der Waals surface area (Å²) in [6.45, 7) is 3.50. The maximum atomic E-state index is 12.7. The van der Waals surface area contributed by atoms with E-state index in [0.29, 0.717) is 16.9 Å². The zero-order valence-corrected chi connectivity index (χ0v) is 14.6. The monoisotopic (exact) mass is 337 g/mol. The van der Waals surface area contributed by atoms with Crippen molar-refractivity contribution in [2.24, 2.45) is 14.1 Å².